The van der Waals surface area contributed by atoms with Gasteiger partial charge in [0.25, 0.3) is 0 Å². The van der Waals surface area contributed by atoms with Crippen molar-refractivity contribution in [2.24, 2.45) is 11.8 Å². The summed E-state index contributed by atoms with van der Waals surface area (Å²) in [5.74, 6) is -2.35. The van der Waals surface area contributed by atoms with Crippen LogP contribution in [-0.2, 0) is 30.5 Å². The van der Waals surface area contributed by atoms with E-state index in [0.29, 0.717) is 6.42 Å². The van der Waals surface area contributed by atoms with Crippen molar-refractivity contribution in [1.82, 2.24) is 0 Å². The lowest BCUT2D eigenvalue weighted by molar-refractivity contribution is -0.156. The zero-order valence-corrected chi connectivity index (χ0v) is 26.0. The van der Waals surface area contributed by atoms with Crippen molar-refractivity contribution in [3.8, 4) is 0 Å². The first-order chi connectivity index (χ1) is 18.5. The number of hydrogen-bond acceptors (Lipinski definition) is 5. The van der Waals surface area contributed by atoms with Gasteiger partial charge in [0, 0.05) is 0 Å². The summed E-state index contributed by atoms with van der Waals surface area (Å²) in [6.07, 6.45) is 12.6. The molecule has 0 spiro atoms. The summed E-state index contributed by atoms with van der Waals surface area (Å²) in [6, 6.07) is 9.40. The second kappa shape index (κ2) is 23.2. The Labute approximate surface area is 250 Å². The van der Waals surface area contributed by atoms with Gasteiger partial charge < -0.3 is 14.6 Å². The van der Waals surface area contributed by atoms with Crippen LogP contribution in [-0.4, -0.2) is 33.4 Å². The average Bonchev–Trinajstić information content (AvgIpc) is 2.90. The molecule has 6 nitrogen and oxygen atoms in total. The quantitative estimate of drug-likeness (QED) is 0.0956. The SMILES string of the molecule is CCCCCCCC(C)C(=O)O.CCCCCCC[C@H](CC(=O)OCC(Cl)(Cl)Cl)C(=O)OCc1ccccc1. The van der Waals surface area contributed by atoms with Gasteiger partial charge in [-0.1, -0.05) is 150 Å². The molecule has 1 rings (SSSR count). The van der Waals surface area contributed by atoms with Crippen molar-refractivity contribution in [3.63, 3.8) is 0 Å². The summed E-state index contributed by atoms with van der Waals surface area (Å²) in [7, 11) is 0. The number of benzene rings is 1. The van der Waals surface area contributed by atoms with E-state index in [4.69, 9.17) is 49.4 Å². The van der Waals surface area contributed by atoms with Gasteiger partial charge in [-0.2, -0.15) is 0 Å². The lowest BCUT2D eigenvalue weighted by atomic mass is 9.97. The third kappa shape index (κ3) is 23.0. The number of carbonyl (C=O) groups is 3. The van der Waals surface area contributed by atoms with E-state index < -0.39 is 27.6 Å². The molecule has 0 aliphatic rings. The number of ether oxygens (including phenoxy) is 2. The van der Waals surface area contributed by atoms with E-state index in [1.807, 2.05) is 30.3 Å². The maximum absolute atomic E-state index is 12.5. The van der Waals surface area contributed by atoms with Crippen LogP contribution >= 0.6 is 34.8 Å². The van der Waals surface area contributed by atoms with Gasteiger partial charge in [-0.25, -0.2) is 0 Å². The first-order valence-electron chi connectivity index (χ1n) is 14.2. The summed E-state index contributed by atoms with van der Waals surface area (Å²) >= 11 is 16.8. The molecule has 0 saturated carbocycles. The number of rotatable bonds is 19. The smallest absolute Gasteiger partial charge is 0.309 e. The minimum absolute atomic E-state index is 0.0812. The van der Waals surface area contributed by atoms with E-state index in [1.165, 1.54) is 25.7 Å². The van der Waals surface area contributed by atoms with E-state index in [1.54, 1.807) is 6.92 Å². The number of hydrogen-bond donors (Lipinski definition) is 1. The van der Waals surface area contributed by atoms with Gasteiger partial charge in [-0.15, -0.1) is 0 Å². The number of unbranched alkanes of at least 4 members (excludes halogenated alkanes) is 8. The molecule has 1 N–H and O–H groups in total. The van der Waals surface area contributed by atoms with Crippen LogP contribution in [0, 0.1) is 11.8 Å². The molecule has 0 bridgehead atoms. The third-order valence-corrected chi connectivity index (χ3v) is 6.51. The van der Waals surface area contributed by atoms with Crippen LogP contribution in [0.3, 0.4) is 0 Å². The Morgan fingerprint density at radius 3 is 1.87 bits per heavy atom. The second-order valence-corrected chi connectivity index (χ2v) is 12.4. The molecule has 0 saturated heterocycles. The van der Waals surface area contributed by atoms with E-state index in [-0.39, 0.29) is 25.6 Å². The zero-order valence-electron chi connectivity index (χ0n) is 23.8. The van der Waals surface area contributed by atoms with Crippen LogP contribution in [0.5, 0.6) is 0 Å². The maximum atomic E-state index is 12.5. The molecule has 224 valence electrons. The van der Waals surface area contributed by atoms with E-state index in [2.05, 4.69) is 13.8 Å². The highest BCUT2D eigenvalue weighted by atomic mass is 35.6. The Balaban J connectivity index is 0.00000101. The largest absolute Gasteiger partial charge is 0.481 e. The highest BCUT2D eigenvalue weighted by Gasteiger charge is 2.27. The summed E-state index contributed by atoms with van der Waals surface area (Å²) in [5.41, 5.74) is 0.895. The third-order valence-electron chi connectivity index (χ3n) is 6.19. The molecule has 9 heteroatoms. The summed E-state index contributed by atoms with van der Waals surface area (Å²) in [6.45, 7) is 5.93. The van der Waals surface area contributed by atoms with Crippen LogP contribution in [0.15, 0.2) is 30.3 Å². The molecule has 0 amide bonds. The van der Waals surface area contributed by atoms with Crippen molar-refractivity contribution in [2.75, 3.05) is 6.61 Å². The van der Waals surface area contributed by atoms with Gasteiger partial charge >= 0.3 is 17.9 Å². The Kier molecular flexibility index (Phi) is 22.3. The lowest BCUT2D eigenvalue weighted by Crippen LogP contribution is -2.24. The molecule has 39 heavy (non-hydrogen) atoms. The van der Waals surface area contributed by atoms with Gasteiger partial charge in [0.1, 0.15) is 13.2 Å². The van der Waals surface area contributed by atoms with Crippen LogP contribution in [0.1, 0.15) is 110 Å². The number of carboxylic acids is 1. The zero-order chi connectivity index (χ0) is 29.5. The number of esters is 2. The molecular weight excluding hydrogens is 563 g/mol. The normalized spacial score (nSPS) is 12.6. The predicted molar refractivity (Wildman–Crippen MR) is 159 cm³/mol. The molecule has 1 aromatic carbocycles. The maximum Gasteiger partial charge on any atom is 0.309 e. The van der Waals surface area contributed by atoms with E-state index in [9.17, 15) is 14.4 Å². The topological polar surface area (TPSA) is 89.9 Å². The highest BCUT2D eigenvalue weighted by molar-refractivity contribution is 6.67. The van der Waals surface area contributed by atoms with Crippen LogP contribution in [0.4, 0.5) is 0 Å². The minimum atomic E-state index is -1.67. The average molecular weight is 610 g/mol. The van der Waals surface area contributed by atoms with Gasteiger partial charge in [0.2, 0.25) is 3.79 Å². The van der Waals surface area contributed by atoms with Crippen LogP contribution < -0.4 is 0 Å². The highest BCUT2D eigenvalue weighted by Crippen LogP contribution is 2.26. The van der Waals surface area contributed by atoms with Crippen molar-refractivity contribution in [1.29, 1.82) is 0 Å². The van der Waals surface area contributed by atoms with E-state index in [0.717, 1.165) is 50.5 Å². The van der Waals surface area contributed by atoms with Gasteiger partial charge in [0.05, 0.1) is 18.3 Å². The summed E-state index contributed by atoms with van der Waals surface area (Å²) in [4.78, 5) is 34.9. The Hall–Kier alpha value is -1.50. The van der Waals surface area contributed by atoms with Gasteiger partial charge in [-0.3, -0.25) is 14.4 Å². The molecule has 2 atom stereocenters. The molecular formula is C30H47Cl3O6. The number of carboxylic acid groups (broad SMARTS) is 1. The molecule has 0 aliphatic heterocycles. The number of aliphatic carboxylic acids is 1. The molecule has 0 heterocycles. The van der Waals surface area contributed by atoms with Crippen molar-refractivity contribution in [2.45, 2.75) is 115 Å². The Morgan fingerprint density at radius 1 is 0.821 bits per heavy atom. The van der Waals surface area contributed by atoms with Crippen LogP contribution in [0.2, 0.25) is 0 Å². The summed E-state index contributed by atoms with van der Waals surface area (Å²) in [5, 5.41) is 8.58. The first kappa shape index (κ1) is 37.5. The standard InChI is InChI=1S/C20H27Cl3O4.C10H20O2/c1-2-3-4-5-9-12-17(13-18(24)27-15-20(21,22)23)19(25)26-14-16-10-7-6-8-11-16;1-3-4-5-6-7-8-9(2)10(11)12/h6-8,10-11,17H,2-5,9,12-15H2,1H3;9H,3-8H2,1-2H3,(H,11,12)/t17-;/m1./s1. The van der Waals surface area contributed by atoms with E-state index >= 15 is 0 Å². The molecule has 0 fully saturated rings. The fourth-order valence-corrected chi connectivity index (χ4v) is 3.91. The molecule has 0 aliphatic carbocycles. The van der Waals surface area contributed by atoms with Gasteiger partial charge in [0.15, 0.2) is 0 Å². The van der Waals surface area contributed by atoms with Crippen molar-refractivity contribution in [3.05, 3.63) is 35.9 Å². The predicted octanol–water partition coefficient (Wildman–Crippen LogP) is 9.08. The van der Waals surface area contributed by atoms with Crippen molar-refractivity contribution < 1.29 is 29.0 Å². The monoisotopic (exact) mass is 608 g/mol. The first-order valence-corrected chi connectivity index (χ1v) is 15.3. The molecule has 1 aromatic rings. The number of alkyl halides is 3. The number of carbonyl (C=O) groups excluding carboxylic acids is 2. The van der Waals surface area contributed by atoms with Gasteiger partial charge in [-0.05, 0) is 18.4 Å². The lowest BCUT2D eigenvalue weighted by Gasteiger charge is -2.17. The molecule has 0 radical (unpaired) electrons. The van der Waals surface area contributed by atoms with Crippen LogP contribution in [0.25, 0.3) is 0 Å². The molecule has 0 aromatic heterocycles. The fourth-order valence-electron chi connectivity index (χ4n) is 3.74. The second-order valence-electron chi connectivity index (χ2n) is 9.92. The summed E-state index contributed by atoms with van der Waals surface area (Å²) < 4.78 is 8.67. The Morgan fingerprint density at radius 2 is 1.36 bits per heavy atom. The molecule has 1 unspecified atom stereocenters. The number of halogens is 3. The minimum Gasteiger partial charge on any atom is -0.481 e. The fraction of sp³-hybridized carbons (Fsp3) is 0.700. The van der Waals surface area contributed by atoms with Crippen molar-refractivity contribution >= 4 is 52.7 Å². The Bertz CT molecular complexity index is 783.